The van der Waals surface area contributed by atoms with Crippen LogP contribution in [0.25, 0.3) is 0 Å². The zero-order valence-corrected chi connectivity index (χ0v) is 24.6. The lowest BCUT2D eigenvalue weighted by Gasteiger charge is -2.23. The second-order valence-corrected chi connectivity index (χ2v) is 10.4. The quantitative estimate of drug-likeness (QED) is 0.153. The van der Waals surface area contributed by atoms with Gasteiger partial charge in [-0.15, -0.1) is 0 Å². The maximum absolute atomic E-state index is 13.8. The molecule has 1 atom stereocenters. The van der Waals surface area contributed by atoms with E-state index in [1.165, 1.54) is 7.11 Å². The van der Waals surface area contributed by atoms with Gasteiger partial charge in [0.25, 0.3) is 0 Å². The van der Waals surface area contributed by atoms with Gasteiger partial charge in [0.05, 0.1) is 13.0 Å². The van der Waals surface area contributed by atoms with Gasteiger partial charge in [-0.3, -0.25) is 4.79 Å². The van der Waals surface area contributed by atoms with Gasteiger partial charge in [0, 0.05) is 6.42 Å². The van der Waals surface area contributed by atoms with Crippen LogP contribution < -0.4 is 14.8 Å². The maximum atomic E-state index is 13.8. The summed E-state index contributed by atoms with van der Waals surface area (Å²) in [5, 5.41) is 2.97. The molecule has 1 N–H and O–H groups in total. The lowest BCUT2D eigenvalue weighted by molar-refractivity contribution is -0.145. The van der Waals surface area contributed by atoms with Gasteiger partial charge in [-0.05, 0) is 39.9 Å². The number of methoxy groups -OCH3 is 1. The summed E-state index contributed by atoms with van der Waals surface area (Å²) in [5.41, 5.74) is 4.49. The van der Waals surface area contributed by atoms with Crippen LogP contribution in [0, 0.1) is 0 Å². The number of hydrogen-bond donors (Lipinski definition) is 1. The van der Waals surface area contributed by atoms with E-state index in [0.29, 0.717) is 24.7 Å². The van der Waals surface area contributed by atoms with Crippen LogP contribution in [0.5, 0.6) is 11.5 Å². The smallest absolute Gasteiger partial charge is 0.328 e. The molecule has 5 rings (SSSR count). The molecule has 0 saturated carbocycles. The number of nitrogens with one attached hydrogen (secondary N) is 1. The monoisotopic (exact) mass is 585 g/mol. The second-order valence-electron chi connectivity index (χ2n) is 10.4. The third-order valence-corrected chi connectivity index (χ3v) is 7.25. The number of hydrogen-bond acceptors (Lipinski definition) is 5. The minimum Gasteiger partial charge on any atom is -0.485 e. The van der Waals surface area contributed by atoms with Crippen molar-refractivity contribution in [3.8, 4) is 11.5 Å². The van der Waals surface area contributed by atoms with Crippen LogP contribution in [0.3, 0.4) is 0 Å². The van der Waals surface area contributed by atoms with Gasteiger partial charge in [0.1, 0.15) is 19.3 Å². The molecular weight excluding hydrogens is 550 g/mol. The summed E-state index contributed by atoms with van der Waals surface area (Å²) in [5.74, 6) is -0.289. The first-order chi connectivity index (χ1) is 21.6. The van der Waals surface area contributed by atoms with Crippen molar-refractivity contribution >= 4 is 11.9 Å². The first-order valence-corrected chi connectivity index (χ1v) is 14.5. The van der Waals surface area contributed by atoms with E-state index < -0.39 is 17.9 Å². The number of carbonyl (C=O) groups excluding carboxylic acids is 2. The highest BCUT2D eigenvalue weighted by molar-refractivity contribution is 5.91. The standard InChI is InChI=1S/C38H35NO5/c1-42-38(41)33(39-37(40)36(31-18-10-4-11-19-31)32-20-12-5-13-21-32)24-30-22-23-34(43-26-28-14-6-2-7-15-28)35(25-30)44-27-29-16-8-3-9-17-29/h2-23,25,33,36H,24,26-27H2,1H3,(H,39,40)/t33-/m0/s1. The Balaban J connectivity index is 1.38. The molecule has 0 spiro atoms. The second kappa shape index (κ2) is 15.2. The minimum absolute atomic E-state index is 0.204. The molecule has 6 heteroatoms. The van der Waals surface area contributed by atoms with Crippen molar-refractivity contribution in [1.29, 1.82) is 0 Å². The number of benzene rings is 5. The molecule has 0 radical (unpaired) electrons. The normalized spacial score (nSPS) is 11.4. The molecule has 6 nitrogen and oxygen atoms in total. The van der Waals surface area contributed by atoms with Crippen LogP contribution >= 0.6 is 0 Å². The molecule has 0 fully saturated rings. The summed E-state index contributed by atoms with van der Waals surface area (Å²) >= 11 is 0. The Morgan fingerprint density at radius 1 is 0.591 bits per heavy atom. The van der Waals surface area contributed by atoms with Gasteiger partial charge < -0.3 is 19.5 Å². The highest BCUT2D eigenvalue weighted by atomic mass is 16.5. The van der Waals surface area contributed by atoms with Crippen LogP contribution in [0.4, 0.5) is 0 Å². The van der Waals surface area contributed by atoms with Gasteiger partial charge >= 0.3 is 5.97 Å². The molecule has 0 saturated heterocycles. The Labute approximate surface area is 258 Å². The van der Waals surface area contributed by atoms with Crippen LogP contribution in [0.2, 0.25) is 0 Å². The van der Waals surface area contributed by atoms with Crippen molar-refractivity contribution in [2.75, 3.05) is 7.11 Å². The molecule has 5 aromatic carbocycles. The van der Waals surface area contributed by atoms with E-state index in [9.17, 15) is 9.59 Å². The average Bonchev–Trinajstić information content (AvgIpc) is 3.08. The Morgan fingerprint density at radius 3 is 1.57 bits per heavy atom. The van der Waals surface area contributed by atoms with Gasteiger partial charge in [-0.2, -0.15) is 0 Å². The topological polar surface area (TPSA) is 73.9 Å². The Kier molecular flexibility index (Phi) is 10.4. The number of amides is 1. The summed E-state index contributed by atoms with van der Waals surface area (Å²) < 4.78 is 17.5. The molecule has 222 valence electrons. The summed E-state index contributed by atoms with van der Waals surface area (Å²) in [6, 6.07) is 43.5. The fraction of sp³-hybridized carbons (Fsp3) is 0.158. The van der Waals surface area contributed by atoms with E-state index in [1.807, 2.05) is 140 Å². The van der Waals surface area contributed by atoms with Gasteiger partial charge in [0.15, 0.2) is 11.5 Å². The average molecular weight is 586 g/mol. The van der Waals surface area contributed by atoms with Crippen molar-refractivity contribution in [2.24, 2.45) is 0 Å². The first-order valence-electron chi connectivity index (χ1n) is 14.5. The summed E-state index contributed by atoms with van der Waals surface area (Å²) in [6.45, 7) is 0.724. The van der Waals surface area contributed by atoms with E-state index >= 15 is 0 Å². The van der Waals surface area contributed by atoms with E-state index in [4.69, 9.17) is 14.2 Å². The molecule has 1 amide bonds. The zero-order chi connectivity index (χ0) is 30.6. The lowest BCUT2D eigenvalue weighted by Crippen LogP contribution is -2.45. The Morgan fingerprint density at radius 2 is 1.07 bits per heavy atom. The predicted molar refractivity (Wildman–Crippen MR) is 170 cm³/mol. The van der Waals surface area contributed by atoms with Crippen LogP contribution in [0.15, 0.2) is 140 Å². The molecule has 0 unspecified atom stereocenters. The van der Waals surface area contributed by atoms with Gasteiger partial charge in [0.2, 0.25) is 5.91 Å². The van der Waals surface area contributed by atoms with Crippen LogP contribution in [-0.4, -0.2) is 25.0 Å². The summed E-state index contributed by atoms with van der Waals surface area (Å²) in [4.78, 5) is 26.8. The number of ether oxygens (including phenoxy) is 3. The predicted octanol–water partition coefficient (Wildman–Crippen LogP) is 6.88. The molecule has 0 aliphatic rings. The summed E-state index contributed by atoms with van der Waals surface area (Å²) in [7, 11) is 1.32. The fourth-order valence-electron chi connectivity index (χ4n) is 4.99. The number of rotatable bonds is 13. The van der Waals surface area contributed by atoms with Crippen molar-refractivity contribution < 1.29 is 23.8 Å². The molecule has 44 heavy (non-hydrogen) atoms. The SMILES string of the molecule is COC(=O)[C@H](Cc1ccc(OCc2ccccc2)c(OCc2ccccc2)c1)NC(=O)C(c1ccccc1)c1ccccc1. The third-order valence-electron chi connectivity index (χ3n) is 7.25. The zero-order valence-electron chi connectivity index (χ0n) is 24.6. The molecular formula is C38H35NO5. The van der Waals surface area contributed by atoms with Gasteiger partial charge in [-0.1, -0.05) is 127 Å². The fourth-order valence-corrected chi connectivity index (χ4v) is 4.99. The van der Waals surface area contributed by atoms with Crippen molar-refractivity contribution in [1.82, 2.24) is 5.32 Å². The van der Waals surface area contributed by atoms with Gasteiger partial charge in [-0.25, -0.2) is 4.79 Å². The van der Waals surface area contributed by atoms with Crippen molar-refractivity contribution in [3.63, 3.8) is 0 Å². The molecule has 0 heterocycles. The minimum atomic E-state index is -0.916. The lowest BCUT2D eigenvalue weighted by atomic mass is 9.90. The number of esters is 1. The maximum Gasteiger partial charge on any atom is 0.328 e. The number of carbonyl (C=O) groups is 2. The molecule has 5 aromatic rings. The van der Waals surface area contributed by atoms with E-state index in [2.05, 4.69) is 5.32 Å². The molecule has 0 aliphatic heterocycles. The van der Waals surface area contributed by atoms with Crippen molar-refractivity contribution in [3.05, 3.63) is 167 Å². The Bertz CT molecular complexity index is 1590. The van der Waals surface area contributed by atoms with E-state index in [1.54, 1.807) is 0 Å². The van der Waals surface area contributed by atoms with E-state index in [0.717, 1.165) is 27.8 Å². The van der Waals surface area contributed by atoms with E-state index in [-0.39, 0.29) is 12.3 Å². The van der Waals surface area contributed by atoms with Crippen LogP contribution in [-0.2, 0) is 34.0 Å². The Hall–Kier alpha value is -5.36. The molecule has 0 bridgehead atoms. The highest BCUT2D eigenvalue weighted by Crippen LogP contribution is 2.31. The molecule has 0 aromatic heterocycles. The third kappa shape index (κ3) is 8.13. The molecule has 0 aliphatic carbocycles. The summed E-state index contributed by atoms with van der Waals surface area (Å²) in [6.07, 6.45) is 0.204. The van der Waals surface area contributed by atoms with Crippen molar-refractivity contribution in [2.45, 2.75) is 31.6 Å². The van der Waals surface area contributed by atoms with Crippen LogP contribution in [0.1, 0.15) is 33.7 Å². The highest BCUT2D eigenvalue weighted by Gasteiger charge is 2.29. The first kappa shape index (κ1) is 30.1. The largest absolute Gasteiger partial charge is 0.485 e.